The van der Waals surface area contributed by atoms with Gasteiger partial charge in [0.05, 0.1) is 10.7 Å². The van der Waals surface area contributed by atoms with Gasteiger partial charge in [-0.1, -0.05) is 23.7 Å². The molecule has 0 radical (unpaired) electrons. The van der Waals surface area contributed by atoms with Gasteiger partial charge < -0.3 is 10.2 Å². The fourth-order valence-electron chi connectivity index (χ4n) is 2.48. The van der Waals surface area contributed by atoms with Crippen LogP contribution in [0.2, 0.25) is 5.02 Å². The van der Waals surface area contributed by atoms with E-state index in [9.17, 15) is 4.79 Å². The van der Waals surface area contributed by atoms with Crippen molar-refractivity contribution in [2.24, 2.45) is 0 Å². The molecule has 0 saturated carbocycles. The summed E-state index contributed by atoms with van der Waals surface area (Å²) in [5.74, 6) is -0.0228. The maximum absolute atomic E-state index is 12.5. The predicted octanol–water partition coefficient (Wildman–Crippen LogP) is 2.30. The van der Waals surface area contributed by atoms with E-state index in [1.54, 1.807) is 4.68 Å². The molecule has 1 saturated heterocycles. The van der Waals surface area contributed by atoms with Crippen LogP contribution < -0.4 is 5.32 Å². The Bertz CT molecular complexity index is 665. The van der Waals surface area contributed by atoms with Crippen LogP contribution in [0.5, 0.6) is 0 Å². The van der Waals surface area contributed by atoms with Crippen LogP contribution in [0.1, 0.15) is 16.2 Å². The average Bonchev–Trinajstić information content (AvgIpc) is 2.90. The first-order valence-electron chi connectivity index (χ1n) is 6.98. The molecule has 0 atom stereocenters. The third-order valence-corrected chi connectivity index (χ3v) is 3.91. The van der Waals surface area contributed by atoms with E-state index in [4.69, 9.17) is 11.6 Å². The SMILES string of the molecule is Cc1cc(C(=O)N2CCNCC2)nn1-c1ccccc1Cl.Cl. The van der Waals surface area contributed by atoms with Crippen LogP contribution in [0.25, 0.3) is 5.69 Å². The van der Waals surface area contributed by atoms with Crippen LogP contribution in [0.4, 0.5) is 0 Å². The number of carbonyl (C=O) groups is 1. The minimum atomic E-state index is -0.0228. The highest BCUT2D eigenvalue weighted by Gasteiger charge is 2.21. The fourth-order valence-corrected chi connectivity index (χ4v) is 2.69. The van der Waals surface area contributed by atoms with Crippen molar-refractivity contribution in [1.29, 1.82) is 0 Å². The maximum Gasteiger partial charge on any atom is 0.274 e. The van der Waals surface area contributed by atoms with Crippen LogP contribution in [-0.2, 0) is 0 Å². The van der Waals surface area contributed by atoms with Gasteiger partial charge in [0, 0.05) is 31.9 Å². The predicted molar refractivity (Wildman–Crippen MR) is 89.3 cm³/mol. The van der Waals surface area contributed by atoms with Crippen molar-refractivity contribution in [2.75, 3.05) is 26.2 Å². The third kappa shape index (κ3) is 3.27. The Morgan fingerprint density at radius 3 is 2.64 bits per heavy atom. The largest absolute Gasteiger partial charge is 0.335 e. The monoisotopic (exact) mass is 340 g/mol. The van der Waals surface area contributed by atoms with E-state index in [1.807, 2.05) is 42.2 Å². The molecule has 1 N–H and O–H groups in total. The molecule has 2 heterocycles. The van der Waals surface area contributed by atoms with Crippen molar-refractivity contribution in [1.82, 2.24) is 20.0 Å². The standard InChI is InChI=1S/C15H17ClN4O.ClH/c1-11-10-13(15(21)19-8-6-17-7-9-19)18-20(11)14-5-3-2-4-12(14)16;/h2-5,10,17H,6-9H2,1H3;1H. The summed E-state index contributed by atoms with van der Waals surface area (Å²) < 4.78 is 1.72. The van der Waals surface area contributed by atoms with E-state index < -0.39 is 0 Å². The molecule has 5 nitrogen and oxygen atoms in total. The molecule has 22 heavy (non-hydrogen) atoms. The first-order chi connectivity index (χ1) is 10.2. The number of aromatic nitrogens is 2. The summed E-state index contributed by atoms with van der Waals surface area (Å²) in [4.78, 5) is 14.3. The molecule has 0 spiro atoms. The van der Waals surface area contributed by atoms with E-state index in [2.05, 4.69) is 10.4 Å². The lowest BCUT2D eigenvalue weighted by Crippen LogP contribution is -2.46. The second kappa shape index (κ2) is 7.13. The second-order valence-corrected chi connectivity index (χ2v) is 5.48. The molecule has 7 heteroatoms. The molecule has 0 aliphatic carbocycles. The normalized spacial score (nSPS) is 14.5. The molecule has 1 amide bonds. The van der Waals surface area contributed by atoms with Gasteiger partial charge in [-0.15, -0.1) is 12.4 Å². The first kappa shape index (κ1) is 16.8. The van der Waals surface area contributed by atoms with Crippen LogP contribution in [0, 0.1) is 6.92 Å². The van der Waals surface area contributed by atoms with Crippen LogP contribution in [0.15, 0.2) is 30.3 Å². The molecule has 1 aromatic heterocycles. The van der Waals surface area contributed by atoms with E-state index in [0.29, 0.717) is 10.7 Å². The Hall–Kier alpha value is -1.56. The number of piperazine rings is 1. The zero-order valence-electron chi connectivity index (χ0n) is 12.3. The van der Waals surface area contributed by atoms with Gasteiger partial charge in [0.1, 0.15) is 0 Å². The lowest BCUT2D eigenvalue weighted by atomic mass is 10.3. The number of aryl methyl sites for hydroxylation is 1. The van der Waals surface area contributed by atoms with Gasteiger partial charge in [-0.05, 0) is 25.1 Å². The Morgan fingerprint density at radius 1 is 1.27 bits per heavy atom. The Labute approximate surface area is 140 Å². The number of nitrogens with zero attached hydrogens (tertiary/aromatic N) is 3. The summed E-state index contributed by atoms with van der Waals surface area (Å²) in [6.07, 6.45) is 0. The average molecular weight is 341 g/mol. The van der Waals surface area contributed by atoms with Gasteiger partial charge in [0.15, 0.2) is 5.69 Å². The Kier molecular flexibility index (Phi) is 5.45. The molecule has 3 rings (SSSR count). The van der Waals surface area contributed by atoms with Crippen molar-refractivity contribution in [3.8, 4) is 5.69 Å². The quantitative estimate of drug-likeness (QED) is 0.912. The number of para-hydroxylation sites is 1. The zero-order valence-corrected chi connectivity index (χ0v) is 13.8. The summed E-state index contributed by atoms with van der Waals surface area (Å²) in [5.41, 5.74) is 2.15. The van der Waals surface area contributed by atoms with Crippen molar-refractivity contribution in [3.05, 3.63) is 46.7 Å². The number of hydrogen-bond acceptors (Lipinski definition) is 3. The van der Waals surface area contributed by atoms with Crippen molar-refractivity contribution in [3.63, 3.8) is 0 Å². The molecule has 118 valence electrons. The number of amides is 1. The number of halogens is 2. The smallest absolute Gasteiger partial charge is 0.274 e. The van der Waals surface area contributed by atoms with Crippen LogP contribution in [0.3, 0.4) is 0 Å². The number of rotatable bonds is 2. The summed E-state index contributed by atoms with van der Waals surface area (Å²) in [7, 11) is 0. The molecular weight excluding hydrogens is 323 g/mol. The van der Waals surface area contributed by atoms with Gasteiger partial charge >= 0.3 is 0 Å². The Balaban J connectivity index is 0.00000176. The highest BCUT2D eigenvalue weighted by atomic mass is 35.5. The van der Waals surface area contributed by atoms with E-state index in [-0.39, 0.29) is 18.3 Å². The van der Waals surface area contributed by atoms with E-state index in [0.717, 1.165) is 37.6 Å². The zero-order chi connectivity index (χ0) is 14.8. The topological polar surface area (TPSA) is 50.2 Å². The van der Waals surface area contributed by atoms with Gasteiger partial charge in [0.25, 0.3) is 5.91 Å². The first-order valence-corrected chi connectivity index (χ1v) is 7.36. The number of carbonyl (C=O) groups excluding carboxylic acids is 1. The van der Waals surface area contributed by atoms with Gasteiger partial charge in [-0.3, -0.25) is 4.79 Å². The molecule has 1 aliphatic heterocycles. The summed E-state index contributed by atoms with van der Waals surface area (Å²) in [5, 5.41) is 8.29. The molecular formula is C15H18Cl2N4O. The highest BCUT2D eigenvalue weighted by molar-refractivity contribution is 6.32. The Morgan fingerprint density at radius 2 is 1.95 bits per heavy atom. The van der Waals surface area contributed by atoms with Crippen molar-refractivity contribution in [2.45, 2.75) is 6.92 Å². The van der Waals surface area contributed by atoms with E-state index >= 15 is 0 Å². The van der Waals surface area contributed by atoms with Crippen molar-refractivity contribution >= 4 is 29.9 Å². The summed E-state index contributed by atoms with van der Waals surface area (Å²) in [6, 6.07) is 9.29. The van der Waals surface area contributed by atoms with Crippen LogP contribution in [-0.4, -0.2) is 46.8 Å². The number of benzene rings is 1. The molecule has 1 fully saturated rings. The molecule has 1 aliphatic rings. The highest BCUT2D eigenvalue weighted by Crippen LogP contribution is 2.21. The molecule has 0 bridgehead atoms. The lowest BCUT2D eigenvalue weighted by Gasteiger charge is -2.26. The number of nitrogens with one attached hydrogen (secondary N) is 1. The van der Waals surface area contributed by atoms with Gasteiger partial charge in [-0.2, -0.15) is 5.10 Å². The van der Waals surface area contributed by atoms with Gasteiger partial charge in [0.2, 0.25) is 0 Å². The van der Waals surface area contributed by atoms with E-state index in [1.165, 1.54) is 0 Å². The minimum absolute atomic E-state index is 0. The molecule has 2 aromatic rings. The number of hydrogen-bond donors (Lipinski definition) is 1. The van der Waals surface area contributed by atoms with Crippen molar-refractivity contribution < 1.29 is 4.79 Å². The summed E-state index contributed by atoms with van der Waals surface area (Å²) >= 11 is 6.20. The maximum atomic E-state index is 12.5. The minimum Gasteiger partial charge on any atom is -0.335 e. The molecule has 0 unspecified atom stereocenters. The van der Waals surface area contributed by atoms with Gasteiger partial charge in [-0.25, -0.2) is 4.68 Å². The second-order valence-electron chi connectivity index (χ2n) is 5.08. The molecule has 1 aromatic carbocycles. The van der Waals surface area contributed by atoms with Crippen LogP contribution >= 0.6 is 24.0 Å². The summed E-state index contributed by atoms with van der Waals surface area (Å²) in [6.45, 7) is 5.02. The lowest BCUT2D eigenvalue weighted by molar-refractivity contribution is 0.0729. The fraction of sp³-hybridized carbons (Fsp3) is 0.333. The third-order valence-electron chi connectivity index (χ3n) is 3.59.